The lowest BCUT2D eigenvalue weighted by atomic mass is 10.1. The molecule has 9 aromatic rings. The lowest BCUT2D eigenvalue weighted by Gasteiger charge is -2.12. The molecule has 0 aliphatic rings. The van der Waals surface area contributed by atoms with Gasteiger partial charge in [0.15, 0.2) is 0 Å². The van der Waals surface area contributed by atoms with Gasteiger partial charge in [0.2, 0.25) is 5.95 Å². The Labute approximate surface area is 254 Å². The molecule has 44 heavy (non-hydrogen) atoms. The van der Waals surface area contributed by atoms with Crippen LogP contribution in [0.15, 0.2) is 133 Å². The fraction of sp³-hybridized carbons (Fsp3) is 0.0500. The molecule has 0 aliphatic heterocycles. The van der Waals surface area contributed by atoms with Gasteiger partial charge in [-0.05, 0) is 62.4 Å². The van der Waals surface area contributed by atoms with Crippen molar-refractivity contribution in [3.05, 3.63) is 145 Å². The van der Waals surface area contributed by atoms with Gasteiger partial charge in [-0.15, -0.1) is 0 Å². The van der Waals surface area contributed by atoms with Gasteiger partial charge in [-0.25, -0.2) is 9.97 Å². The first-order valence-electron chi connectivity index (χ1n) is 15.0. The summed E-state index contributed by atoms with van der Waals surface area (Å²) in [5.41, 5.74) is 11.1. The summed E-state index contributed by atoms with van der Waals surface area (Å²) >= 11 is 0. The second-order valence-electron chi connectivity index (χ2n) is 11.7. The maximum Gasteiger partial charge on any atom is 0.235 e. The van der Waals surface area contributed by atoms with Gasteiger partial charge >= 0.3 is 0 Å². The first kappa shape index (κ1) is 24.8. The predicted molar refractivity (Wildman–Crippen MR) is 183 cm³/mol. The van der Waals surface area contributed by atoms with E-state index in [0.29, 0.717) is 5.95 Å². The zero-order chi connectivity index (χ0) is 29.4. The van der Waals surface area contributed by atoms with Crippen molar-refractivity contribution in [1.29, 1.82) is 0 Å². The van der Waals surface area contributed by atoms with Crippen LogP contribution in [0.5, 0.6) is 0 Å². The molecule has 9 rings (SSSR count). The van der Waals surface area contributed by atoms with E-state index in [1.807, 2.05) is 6.07 Å². The summed E-state index contributed by atoms with van der Waals surface area (Å²) in [7, 11) is 0. The molecule has 3 aromatic heterocycles. The lowest BCUT2D eigenvalue weighted by molar-refractivity contribution is 1.02. The van der Waals surface area contributed by atoms with E-state index in [9.17, 15) is 0 Å². The molecule has 0 bridgehead atoms. The van der Waals surface area contributed by atoms with Crippen LogP contribution in [0.3, 0.4) is 0 Å². The Hall–Kier alpha value is -5.74. The van der Waals surface area contributed by atoms with Crippen LogP contribution in [0.25, 0.3) is 77.4 Å². The third-order valence-corrected chi connectivity index (χ3v) is 8.82. The fourth-order valence-corrected chi connectivity index (χ4v) is 6.88. The van der Waals surface area contributed by atoms with Crippen molar-refractivity contribution >= 4 is 54.5 Å². The zero-order valence-electron chi connectivity index (χ0n) is 24.5. The molecule has 0 spiro atoms. The molecule has 4 heteroatoms. The first-order chi connectivity index (χ1) is 21.7. The largest absolute Gasteiger partial charge is 0.309 e. The monoisotopic (exact) mass is 564 g/mol. The average Bonchev–Trinajstić information content (AvgIpc) is 3.57. The van der Waals surface area contributed by atoms with E-state index in [-0.39, 0.29) is 0 Å². The zero-order valence-corrected chi connectivity index (χ0v) is 24.5. The number of nitrogens with zero attached hydrogens (tertiary/aromatic N) is 4. The molecule has 0 amide bonds. The Kier molecular flexibility index (Phi) is 5.29. The Morgan fingerprint density at radius 2 is 1.11 bits per heavy atom. The fourth-order valence-electron chi connectivity index (χ4n) is 6.88. The molecule has 0 aliphatic carbocycles. The highest BCUT2D eigenvalue weighted by atomic mass is 15.2. The van der Waals surface area contributed by atoms with E-state index in [1.165, 1.54) is 38.2 Å². The molecule has 0 saturated heterocycles. The first-order valence-corrected chi connectivity index (χ1v) is 15.0. The van der Waals surface area contributed by atoms with Crippen molar-refractivity contribution in [2.75, 3.05) is 0 Å². The third kappa shape index (κ3) is 3.58. The summed E-state index contributed by atoms with van der Waals surface area (Å²) in [6.45, 7) is 4.33. The van der Waals surface area contributed by atoms with E-state index >= 15 is 0 Å². The number of aryl methyl sites for hydroxylation is 2. The predicted octanol–water partition coefficient (Wildman–Crippen LogP) is 10.1. The quantitative estimate of drug-likeness (QED) is 0.214. The van der Waals surface area contributed by atoms with Crippen molar-refractivity contribution in [2.24, 2.45) is 0 Å². The van der Waals surface area contributed by atoms with Crippen LogP contribution in [0.1, 0.15) is 11.1 Å². The number of aromatic nitrogens is 4. The van der Waals surface area contributed by atoms with Crippen LogP contribution in [0.4, 0.5) is 0 Å². The molecule has 0 fully saturated rings. The highest BCUT2D eigenvalue weighted by molar-refractivity contribution is 6.26. The Bertz CT molecular complexity index is 2560. The molecule has 0 atom stereocenters. The van der Waals surface area contributed by atoms with Crippen molar-refractivity contribution in [1.82, 2.24) is 19.1 Å². The minimum Gasteiger partial charge on any atom is -0.309 e. The van der Waals surface area contributed by atoms with Crippen LogP contribution in [-0.2, 0) is 0 Å². The number of para-hydroxylation sites is 2. The number of hydrogen-bond donors (Lipinski definition) is 0. The van der Waals surface area contributed by atoms with Crippen molar-refractivity contribution in [3.8, 4) is 22.9 Å². The molecule has 0 N–H and O–H groups in total. The summed E-state index contributed by atoms with van der Waals surface area (Å²) in [6.07, 6.45) is 0. The topological polar surface area (TPSA) is 35.6 Å². The van der Waals surface area contributed by atoms with Crippen LogP contribution in [-0.4, -0.2) is 19.1 Å². The molecular formula is C40H28N4. The van der Waals surface area contributed by atoms with Gasteiger partial charge in [-0.1, -0.05) is 96.1 Å². The lowest BCUT2D eigenvalue weighted by Crippen LogP contribution is -2.03. The minimum atomic E-state index is 0.673. The molecule has 0 saturated carbocycles. The van der Waals surface area contributed by atoms with Crippen molar-refractivity contribution < 1.29 is 0 Å². The minimum absolute atomic E-state index is 0.673. The molecule has 208 valence electrons. The highest BCUT2D eigenvalue weighted by Crippen LogP contribution is 2.42. The van der Waals surface area contributed by atoms with Gasteiger partial charge in [0.25, 0.3) is 0 Å². The van der Waals surface area contributed by atoms with Gasteiger partial charge in [-0.2, -0.15) is 0 Å². The van der Waals surface area contributed by atoms with E-state index in [4.69, 9.17) is 9.97 Å². The normalized spacial score (nSPS) is 11.9. The second kappa shape index (κ2) is 9.38. The van der Waals surface area contributed by atoms with E-state index in [2.05, 4.69) is 150 Å². The Morgan fingerprint density at radius 3 is 1.89 bits per heavy atom. The number of hydrogen-bond acceptors (Lipinski definition) is 2. The molecular weight excluding hydrogens is 536 g/mol. The summed E-state index contributed by atoms with van der Waals surface area (Å²) < 4.78 is 4.68. The number of fused-ring (bicyclic) bond motifs is 8. The van der Waals surface area contributed by atoms with Gasteiger partial charge in [0, 0.05) is 38.2 Å². The van der Waals surface area contributed by atoms with Crippen molar-refractivity contribution in [2.45, 2.75) is 13.8 Å². The molecule has 3 heterocycles. The van der Waals surface area contributed by atoms with E-state index in [1.54, 1.807) is 0 Å². The van der Waals surface area contributed by atoms with Crippen LogP contribution in [0, 0.1) is 13.8 Å². The summed E-state index contributed by atoms with van der Waals surface area (Å²) in [5.74, 6) is 0.673. The summed E-state index contributed by atoms with van der Waals surface area (Å²) in [4.78, 5) is 10.6. The molecule has 0 unspecified atom stereocenters. The number of rotatable bonds is 3. The van der Waals surface area contributed by atoms with Crippen LogP contribution >= 0.6 is 0 Å². The number of benzene rings is 6. The van der Waals surface area contributed by atoms with Gasteiger partial charge in [0.05, 0.1) is 33.3 Å². The maximum absolute atomic E-state index is 5.35. The SMILES string of the molecule is Cc1ccc2c(c1)c1c(ccc3c4cc(C)ccc4n(-c4nc(-c5ccccc5)c5ccccc5n4)c31)n2-c1ccccc1. The third-order valence-electron chi connectivity index (χ3n) is 8.82. The second-order valence-corrected chi connectivity index (χ2v) is 11.7. The maximum atomic E-state index is 5.35. The van der Waals surface area contributed by atoms with Gasteiger partial charge in [-0.3, -0.25) is 4.57 Å². The Balaban J connectivity index is 1.50. The Morgan fingerprint density at radius 1 is 0.477 bits per heavy atom. The van der Waals surface area contributed by atoms with E-state index in [0.717, 1.165) is 44.4 Å². The molecule has 0 radical (unpaired) electrons. The van der Waals surface area contributed by atoms with Gasteiger partial charge < -0.3 is 4.57 Å². The van der Waals surface area contributed by atoms with Crippen LogP contribution < -0.4 is 0 Å². The summed E-state index contributed by atoms with van der Waals surface area (Å²) in [6, 6.07) is 47.4. The van der Waals surface area contributed by atoms with Gasteiger partial charge in [0.1, 0.15) is 0 Å². The molecule has 4 nitrogen and oxygen atoms in total. The van der Waals surface area contributed by atoms with Crippen molar-refractivity contribution in [3.63, 3.8) is 0 Å². The molecule has 6 aromatic carbocycles. The smallest absolute Gasteiger partial charge is 0.235 e. The van der Waals surface area contributed by atoms with Crippen LogP contribution in [0.2, 0.25) is 0 Å². The average molecular weight is 565 g/mol. The highest BCUT2D eigenvalue weighted by Gasteiger charge is 2.23. The standard InChI is InChI=1S/C40H28N4/c1-25-17-20-34-31(23-25)29-19-22-36-37(32-24-26(2)18-21-35(32)43(36)28-13-7-4-8-14-28)39(29)44(34)40-41-33-16-10-9-15-30(33)38(42-40)27-11-5-3-6-12-27/h3-24H,1-2H3. The summed E-state index contributed by atoms with van der Waals surface area (Å²) in [5, 5.41) is 5.87. The van der Waals surface area contributed by atoms with E-state index < -0.39 is 0 Å².